The third-order valence-electron chi connectivity index (χ3n) is 7.31. The monoisotopic (exact) mass is 574 g/mol. The number of halogens is 3. The van der Waals surface area contributed by atoms with E-state index in [2.05, 4.69) is 30.1 Å². The molecule has 42 heavy (non-hydrogen) atoms. The van der Waals surface area contributed by atoms with Gasteiger partial charge in [0.05, 0.1) is 17.2 Å². The summed E-state index contributed by atoms with van der Waals surface area (Å²) in [5.74, 6) is 0.565. The highest BCUT2D eigenvalue weighted by atomic mass is 19.4. The number of rotatable bonds is 8. The molecular formula is C34H33F3N2O3. The van der Waals surface area contributed by atoms with E-state index in [0.29, 0.717) is 28.4 Å². The predicted molar refractivity (Wildman–Crippen MR) is 159 cm³/mol. The van der Waals surface area contributed by atoms with Crippen LogP contribution in [0.1, 0.15) is 66.2 Å². The quantitative estimate of drug-likeness (QED) is 0.187. The number of hydrogen-bond donors (Lipinski definition) is 1. The molecule has 1 unspecified atom stereocenters. The van der Waals surface area contributed by atoms with Crippen LogP contribution in [0.15, 0.2) is 84.9 Å². The van der Waals surface area contributed by atoms with E-state index in [1.165, 1.54) is 12.1 Å². The van der Waals surface area contributed by atoms with Gasteiger partial charge in [-0.05, 0) is 87.9 Å². The summed E-state index contributed by atoms with van der Waals surface area (Å²) in [6.07, 6.45) is -4.69. The highest BCUT2D eigenvalue weighted by Gasteiger charge is 2.33. The number of nitrogens with one attached hydrogen (secondary N) is 1. The molecule has 8 heteroatoms. The molecule has 0 saturated carbocycles. The summed E-state index contributed by atoms with van der Waals surface area (Å²) < 4.78 is 51.2. The zero-order valence-corrected chi connectivity index (χ0v) is 24.0. The van der Waals surface area contributed by atoms with E-state index in [9.17, 15) is 18.0 Å². The van der Waals surface area contributed by atoms with Gasteiger partial charge in [-0.25, -0.2) is 4.79 Å². The molecule has 5 rings (SSSR count). The second-order valence-electron chi connectivity index (χ2n) is 10.4. The largest absolute Gasteiger partial charge is 0.459 e. The van der Waals surface area contributed by atoms with Crippen molar-refractivity contribution in [2.45, 2.75) is 45.9 Å². The van der Waals surface area contributed by atoms with E-state index in [4.69, 9.17) is 9.47 Å². The number of carbonyl (C=O) groups is 1. The van der Waals surface area contributed by atoms with Crippen molar-refractivity contribution in [1.82, 2.24) is 0 Å². The molecule has 0 radical (unpaired) electrons. The molecule has 1 aliphatic heterocycles. The SMILES string of the molecule is CCN(CC)c1ccc2c(c1)Oc1ccc(Nc3ccc(C(F)(F)F)cc3)cc1C2c1ccccc1C(=O)OC(C)C. The number of nitrogens with zero attached hydrogens (tertiary/aromatic N) is 1. The molecule has 0 amide bonds. The van der Waals surface area contributed by atoms with Gasteiger partial charge in [-0.1, -0.05) is 24.3 Å². The molecule has 0 spiro atoms. The first-order valence-electron chi connectivity index (χ1n) is 14.0. The minimum Gasteiger partial charge on any atom is -0.459 e. The van der Waals surface area contributed by atoms with Gasteiger partial charge in [-0.3, -0.25) is 0 Å². The average molecular weight is 575 g/mol. The summed E-state index contributed by atoms with van der Waals surface area (Å²) >= 11 is 0. The Kier molecular flexibility index (Phi) is 8.16. The molecule has 0 fully saturated rings. The Morgan fingerprint density at radius 2 is 1.55 bits per heavy atom. The van der Waals surface area contributed by atoms with Crippen LogP contribution < -0.4 is 15.0 Å². The zero-order chi connectivity index (χ0) is 30.0. The predicted octanol–water partition coefficient (Wildman–Crippen LogP) is 9.15. The maximum Gasteiger partial charge on any atom is 0.416 e. The molecular weight excluding hydrogens is 541 g/mol. The van der Waals surface area contributed by atoms with Crippen LogP contribution in [-0.4, -0.2) is 25.2 Å². The summed E-state index contributed by atoms with van der Waals surface area (Å²) in [5.41, 5.74) is 4.47. The third-order valence-corrected chi connectivity index (χ3v) is 7.31. The molecule has 0 saturated heterocycles. The zero-order valence-electron chi connectivity index (χ0n) is 24.0. The smallest absolute Gasteiger partial charge is 0.416 e. The molecule has 1 atom stereocenters. The lowest BCUT2D eigenvalue weighted by Crippen LogP contribution is -2.22. The molecule has 0 aliphatic carbocycles. The van der Waals surface area contributed by atoms with Gasteiger partial charge in [0.2, 0.25) is 0 Å². The van der Waals surface area contributed by atoms with E-state index in [1.54, 1.807) is 6.07 Å². The number of anilines is 3. The fourth-order valence-corrected chi connectivity index (χ4v) is 5.32. The molecule has 1 aliphatic rings. The summed E-state index contributed by atoms with van der Waals surface area (Å²) in [4.78, 5) is 15.5. The van der Waals surface area contributed by atoms with Crippen molar-refractivity contribution >= 4 is 23.0 Å². The fraction of sp³-hybridized carbons (Fsp3) is 0.265. The van der Waals surface area contributed by atoms with Gasteiger partial charge >= 0.3 is 12.1 Å². The van der Waals surface area contributed by atoms with E-state index in [-0.39, 0.29) is 12.0 Å². The number of carbonyl (C=O) groups excluding carboxylic acids is 1. The number of alkyl halides is 3. The first kappa shape index (κ1) is 29.0. The van der Waals surface area contributed by atoms with Gasteiger partial charge in [0.25, 0.3) is 0 Å². The molecule has 4 aromatic rings. The molecule has 5 nitrogen and oxygen atoms in total. The normalized spacial score (nSPS) is 14.0. The van der Waals surface area contributed by atoms with Gasteiger partial charge in [-0.2, -0.15) is 13.2 Å². The van der Waals surface area contributed by atoms with Crippen LogP contribution >= 0.6 is 0 Å². The maximum atomic E-state index is 13.2. The van der Waals surface area contributed by atoms with Gasteiger partial charge in [0.1, 0.15) is 11.5 Å². The summed E-state index contributed by atoms with van der Waals surface area (Å²) in [7, 11) is 0. The van der Waals surface area contributed by atoms with Gasteiger partial charge in [-0.15, -0.1) is 0 Å². The summed E-state index contributed by atoms with van der Waals surface area (Å²) in [6, 6.07) is 24.0. The van der Waals surface area contributed by atoms with Crippen molar-refractivity contribution in [2.75, 3.05) is 23.3 Å². The Morgan fingerprint density at radius 3 is 2.21 bits per heavy atom. The van der Waals surface area contributed by atoms with Gasteiger partial charge < -0.3 is 19.7 Å². The van der Waals surface area contributed by atoms with Crippen LogP contribution in [0.5, 0.6) is 11.5 Å². The van der Waals surface area contributed by atoms with Crippen molar-refractivity contribution in [2.24, 2.45) is 0 Å². The standard InChI is InChI=1S/C34H33F3N2O3/c1-5-39(6-2)25-16-17-28-31(20-25)42-30-18-15-24(38-23-13-11-22(12-14-23)34(35,36)37)19-29(30)32(28)26-9-7-8-10-27(26)33(40)41-21(3)4/h7-21,32,38H,5-6H2,1-4H3. The molecule has 1 N–H and O–H groups in total. The number of benzene rings is 4. The maximum absolute atomic E-state index is 13.2. The third kappa shape index (κ3) is 5.93. The first-order valence-corrected chi connectivity index (χ1v) is 14.0. The highest BCUT2D eigenvalue weighted by molar-refractivity contribution is 5.92. The first-order chi connectivity index (χ1) is 20.1. The number of ether oxygens (including phenoxy) is 2. The fourth-order valence-electron chi connectivity index (χ4n) is 5.32. The Balaban J connectivity index is 1.61. The molecule has 4 aromatic carbocycles. The minimum atomic E-state index is -4.41. The van der Waals surface area contributed by atoms with Crippen molar-refractivity contribution in [3.05, 3.63) is 113 Å². The van der Waals surface area contributed by atoms with E-state index >= 15 is 0 Å². The Bertz CT molecular complexity index is 1580. The lowest BCUT2D eigenvalue weighted by atomic mass is 9.80. The van der Waals surface area contributed by atoms with Crippen molar-refractivity contribution in [1.29, 1.82) is 0 Å². The van der Waals surface area contributed by atoms with Gasteiger partial charge in [0.15, 0.2) is 0 Å². The van der Waals surface area contributed by atoms with Crippen LogP contribution in [0.3, 0.4) is 0 Å². The summed E-state index contributed by atoms with van der Waals surface area (Å²) in [5, 5.41) is 3.21. The van der Waals surface area contributed by atoms with Crippen LogP contribution in [-0.2, 0) is 10.9 Å². The topological polar surface area (TPSA) is 50.8 Å². The van der Waals surface area contributed by atoms with E-state index in [0.717, 1.165) is 47.6 Å². The van der Waals surface area contributed by atoms with Gasteiger partial charge in [0, 0.05) is 53.3 Å². The molecule has 218 valence electrons. The lowest BCUT2D eigenvalue weighted by Gasteiger charge is -2.32. The minimum absolute atomic E-state index is 0.281. The van der Waals surface area contributed by atoms with E-state index in [1.807, 2.05) is 62.4 Å². The van der Waals surface area contributed by atoms with Crippen LogP contribution in [0.25, 0.3) is 0 Å². The second-order valence-corrected chi connectivity index (χ2v) is 10.4. The highest BCUT2D eigenvalue weighted by Crippen LogP contribution is 2.50. The van der Waals surface area contributed by atoms with Crippen LogP contribution in [0, 0.1) is 0 Å². The van der Waals surface area contributed by atoms with Crippen LogP contribution in [0.2, 0.25) is 0 Å². The number of hydrogen-bond acceptors (Lipinski definition) is 5. The van der Waals surface area contributed by atoms with Crippen LogP contribution in [0.4, 0.5) is 30.2 Å². The number of esters is 1. The average Bonchev–Trinajstić information content (AvgIpc) is 2.96. The van der Waals surface area contributed by atoms with Crippen molar-refractivity contribution in [3.63, 3.8) is 0 Å². The Hall–Kier alpha value is -4.46. The number of fused-ring (bicyclic) bond motifs is 2. The Labute approximate surface area is 243 Å². The van der Waals surface area contributed by atoms with E-state index < -0.39 is 17.7 Å². The molecule has 0 aromatic heterocycles. The molecule has 1 heterocycles. The van der Waals surface area contributed by atoms with Crippen molar-refractivity contribution < 1.29 is 27.4 Å². The molecule has 0 bridgehead atoms. The Morgan fingerprint density at radius 1 is 0.857 bits per heavy atom. The van der Waals surface area contributed by atoms with Crippen molar-refractivity contribution in [3.8, 4) is 11.5 Å². The lowest BCUT2D eigenvalue weighted by molar-refractivity contribution is -0.137. The summed E-state index contributed by atoms with van der Waals surface area (Å²) in [6.45, 7) is 9.52. The second kappa shape index (κ2) is 11.8.